The Morgan fingerprint density at radius 2 is 1.81 bits per heavy atom. The summed E-state index contributed by atoms with van der Waals surface area (Å²) < 4.78 is 18.5. The van der Waals surface area contributed by atoms with Crippen LogP contribution in [-0.4, -0.2) is 5.11 Å². The number of phenolic OH excluding ortho intramolecular Hbond substituents is 1. The van der Waals surface area contributed by atoms with Gasteiger partial charge in [-0.2, -0.15) is 0 Å². The van der Waals surface area contributed by atoms with Gasteiger partial charge in [0.05, 0.1) is 0 Å². The van der Waals surface area contributed by atoms with Gasteiger partial charge in [0.15, 0.2) is 0 Å². The number of halogens is 1. The van der Waals surface area contributed by atoms with Crippen molar-refractivity contribution in [2.75, 3.05) is 0 Å². The highest BCUT2D eigenvalue weighted by atomic mass is 19.1. The number of fused-ring (bicyclic) bond motifs is 1. The van der Waals surface area contributed by atoms with E-state index >= 15 is 0 Å². The van der Waals surface area contributed by atoms with E-state index in [9.17, 15) is 14.3 Å². The lowest BCUT2D eigenvalue weighted by Gasteiger charge is -2.23. The standard InChI is InChI=1S/C22H24FNO3/c1-4-14-9-18-16(10-21(26)27-20(18)11-19(14)25)12-24-22(13(2)3)15-5-7-17(23)8-6-15/h5-11,13,22,24-25H,4,12H2,1-3H3/t22-/m0/s1. The minimum Gasteiger partial charge on any atom is -0.508 e. The van der Waals surface area contributed by atoms with Gasteiger partial charge in [0.25, 0.3) is 0 Å². The van der Waals surface area contributed by atoms with Crippen LogP contribution >= 0.6 is 0 Å². The number of nitrogens with one attached hydrogen (secondary N) is 1. The van der Waals surface area contributed by atoms with Crippen LogP contribution in [0.1, 0.15) is 43.5 Å². The van der Waals surface area contributed by atoms with Crippen molar-refractivity contribution in [1.29, 1.82) is 0 Å². The van der Waals surface area contributed by atoms with Crippen molar-refractivity contribution >= 4 is 11.0 Å². The van der Waals surface area contributed by atoms with Gasteiger partial charge in [-0.25, -0.2) is 9.18 Å². The molecular weight excluding hydrogens is 345 g/mol. The van der Waals surface area contributed by atoms with Gasteiger partial charge >= 0.3 is 5.63 Å². The Balaban J connectivity index is 1.95. The number of phenols is 1. The molecule has 0 aliphatic heterocycles. The topological polar surface area (TPSA) is 62.5 Å². The van der Waals surface area contributed by atoms with Crippen molar-refractivity contribution in [2.24, 2.45) is 5.92 Å². The van der Waals surface area contributed by atoms with Crippen LogP contribution in [0.3, 0.4) is 0 Å². The van der Waals surface area contributed by atoms with Crippen LogP contribution in [0.25, 0.3) is 11.0 Å². The second-order valence-electron chi connectivity index (χ2n) is 7.08. The van der Waals surface area contributed by atoms with Gasteiger partial charge in [-0.05, 0) is 47.2 Å². The molecule has 5 heteroatoms. The van der Waals surface area contributed by atoms with E-state index in [0.29, 0.717) is 18.5 Å². The molecule has 3 rings (SSSR count). The molecule has 0 spiro atoms. The van der Waals surface area contributed by atoms with Crippen LogP contribution in [-0.2, 0) is 13.0 Å². The highest BCUT2D eigenvalue weighted by Gasteiger charge is 2.17. The highest BCUT2D eigenvalue weighted by Crippen LogP contribution is 2.28. The van der Waals surface area contributed by atoms with Crippen molar-refractivity contribution in [3.05, 3.63) is 75.4 Å². The molecule has 1 heterocycles. The van der Waals surface area contributed by atoms with E-state index in [1.54, 1.807) is 12.1 Å². The summed E-state index contributed by atoms with van der Waals surface area (Å²) in [6.07, 6.45) is 0.679. The maximum Gasteiger partial charge on any atom is 0.336 e. The summed E-state index contributed by atoms with van der Waals surface area (Å²) in [6.45, 7) is 6.59. The van der Waals surface area contributed by atoms with E-state index in [-0.39, 0.29) is 23.5 Å². The van der Waals surface area contributed by atoms with Gasteiger partial charge in [0.2, 0.25) is 0 Å². The lowest BCUT2D eigenvalue weighted by molar-refractivity contribution is 0.410. The van der Waals surface area contributed by atoms with Crippen LogP contribution in [0.2, 0.25) is 0 Å². The minimum atomic E-state index is -0.453. The summed E-state index contributed by atoms with van der Waals surface area (Å²) >= 11 is 0. The number of benzene rings is 2. The fourth-order valence-corrected chi connectivity index (χ4v) is 3.37. The molecular formula is C22H24FNO3. The van der Waals surface area contributed by atoms with Crippen LogP contribution < -0.4 is 10.9 Å². The molecule has 2 N–H and O–H groups in total. The quantitative estimate of drug-likeness (QED) is 0.619. The average molecular weight is 369 g/mol. The summed E-state index contributed by atoms with van der Waals surface area (Å²) in [5.74, 6) is 0.140. The zero-order valence-corrected chi connectivity index (χ0v) is 15.8. The van der Waals surface area contributed by atoms with Crippen LogP contribution in [0, 0.1) is 11.7 Å². The van der Waals surface area contributed by atoms with E-state index in [1.165, 1.54) is 24.3 Å². The summed E-state index contributed by atoms with van der Waals surface area (Å²) in [6, 6.07) is 11.3. The number of hydrogen-bond donors (Lipinski definition) is 2. The maximum absolute atomic E-state index is 13.2. The van der Waals surface area contributed by atoms with E-state index in [2.05, 4.69) is 19.2 Å². The molecule has 0 aliphatic rings. The maximum atomic E-state index is 13.2. The highest BCUT2D eigenvalue weighted by molar-refractivity contribution is 5.82. The molecule has 1 aromatic heterocycles. The Morgan fingerprint density at radius 1 is 1.11 bits per heavy atom. The summed E-state index contributed by atoms with van der Waals surface area (Å²) in [5, 5.41) is 14.3. The van der Waals surface area contributed by atoms with E-state index in [0.717, 1.165) is 22.1 Å². The molecule has 0 amide bonds. The number of aromatic hydroxyl groups is 1. The number of rotatable bonds is 6. The first kappa shape index (κ1) is 19.1. The largest absolute Gasteiger partial charge is 0.508 e. The molecule has 2 aromatic carbocycles. The Labute approximate surface area is 157 Å². The molecule has 0 fully saturated rings. The third kappa shape index (κ3) is 4.19. The lowest BCUT2D eigenvalue weighted by Crippen LogP contribution is -2.26. The van der Waals surface area contributed by atoms with Crippen molar-refractivity contribution in [2.45, 2.75) is 39.8 Å². The van der Waals surface area contributed by atoms with E-state index in [4.69, 9.17) is 4.42 Å². The van der Waals surface area contributed by atoms with Crippen molar-refractivity contribution in [3.8, 4) is 5.75 Å². The van der Waals surface area contributed by atoms with Crippen molar-refractivity contribution in [3.63, 3.8) is 0 Å². The number of aryl methyl sites for hydroxylation is 1. The summed E-state index contributed by atoms with van der Waals surface area (Å²) in [4.78, 5) is 11.9. The second-order valence-corrected chi connectivity index (χ2v) is 7.08. The molecule has 0 saturated carbocycles. The molecule has 1 atom stereocenters. The Bertz CT molecular complexity index is 993. The first-order valence-electron chi connectivity index (χ1n) is 9.16. The molecule has 0 unspecified atom stereocenters. The third-order valence-electron chi connectivity index (χ3n) is 4.82. The van der Waals surface area contributed by atoms with Gasteiger partial charge in [0.1, 0.15) is 17.1 Å². The fourth-order valence-electron chi connectivity index (χ4n) is 3.37. The molecule has 0 saturated heterocycles. The molecule has 3 aromatic rings. The SMILES string of the molecule is CCc1cc2c(CN[C@H](c3ccc(F)cc3)C(C)C)cc(=O)oc2cc1O. The predicted molar refractivity (Wildman–Crippen MR) is 104 cm³/mol. The first-order chi connectivity index (χ1) is 12.9. The van der Waals surface area contributed by atoms with Crippen LogP contribution in [0.15, 0.2) is 51.7 Å². The van der Waals surface area contributed by atoms with Crippen molar-refractivity contribution in [1.82, 2.24) is 5.32 Å². The lowest BCUT2D eigenvalue weighted by atomic mass is 9.95. The third-order valence-corrected chi connectivity index (χ3v) is 4.82. The Kier molecular flexibility index (Phi) is 5.61. The molecule has 142 valence electrons. The fraction of sp³-hybridized carbons (Fsp3) is 0.318. The molecule has 0 bridgehead atoms. The summed E-state index contributed by atoms with van der Waals surface area (Å²) in [5.41, 5.74) is 2.52. The first-order valence-corrected chi connectivity index (χ1v) is 9.16. The minimum absolute atomic E-state index is 0.00987. The Morgan fingerprint density at radius 3 is 2.44 bits per heavy atom. The van der Waals surface area contributed by atoms with Gasteiger partial charge < -0.3 is 14.8 Å². The molecule has 0 radical (unpaired) electrons. The zero-order valence-electron chi connectivity index (χ0n) is 15.8. The normalized spacial score (nSPS) is 12.6. The van der Waals surface area contributed by atoms with Gasteiger partial charge in [-0.15, -0.1) is 0 Å². The van der Waals surface area contributed by atoms with E-state index in [1.807, 2.05) is 13.0 Å². The van der Waals surface area contributed by atoms with Crippen molar-refractivity contribution < 1.29 is 13.9 Å². The predicted octanol–water partition coefficient (Wildman–Crippen LogP) is 4.69. The average Bonchev–Trinajstić information content (AvgIpc) is 2.62. The van der Waals surface area contributed by atoms with Gasteiger partial charge in [-0.3, -0.25) is 0 Å². The smallest absolute Gasteiger partial charge is 0.336 e. The van der Waals surface area contributed by atoms with Crippen LogP contribution in [0.4, 0.5) is 4.39 Å². The second kappa shape index (κ2) is 7.92. The van der Waals surface area contributed by atoms with E-state index < -0.39 is 5.63 Å². The van der Waals surface area contributed by atoms with Gasteiger partial charge in [0, 0.05) is 30.1 Å². The molecule has 0 aliphatic carbocycles. The monoisotopic (exact) mass is 369 g/mol. The molecule has 4 nitrogen and oxygen atoms in total. The van der Waals surface area contributed by atoms with Gasteiger partial charge in [-0.1, -0.05) is 32.9 Å². The number of hydrogen-bond acceptors (Lipinski definition) is 4. The zero-order chi connectivity index (χ0) is 19.6. The molecule has 27 heavy (non-hydrogen) atoms. The van der Waals surface area contributed by atoms with Crippen LogP contribution in [0.5, 0.6) is 5.75 Å². The Hall–Kier alpha value is -2.66. The summed E-state index contributed by atoms with van der Waals surface area (Å²) in [7, 11) is 0.